The highest BCUT2D eigenvalue weighted by Gasteiger charge is 2.07. The van der Waals surface area contributed by atoms with Crippen molar-refractivity contribution in [3.05, 3.63) is 50.7 Å². The van der Waals surface area contributed by atoms with Gasteiger partial charge in [0.05, 0.1) is 5.01 Å². The molecule has 0 saturated heterocycles. The van der Waals surface area contributed by atoms with Crippen LogP contribution in [0.25, 0.3) is 0 Å². The summed E-state index contributed by atoms with van der Waals surface area (Å²) in [5.74, 6) is 0.409. The summed E-state index contributed by atoms with van der Waals surface area (Å²) in [6.45, 7) is 3.34. The molecule has 1 aromatic heterocycles. The molecule has 1 aromatic carbocycles. The number of aromatic nitrogens is 1. The van der Waals surface area contributed by atoms with Crippen LogP contribution in [0, 0.1) is 12.7 Å². The van der Waals surface area contributed by atoms with Gasteiger partial charge in [-0.1, -0.05) is 17.7 Å². The van der Waals surface area contributed by atoms with Crippen LogP contribution in [0.1, 0.15) is 15.4 Å². The third-order valence-electron chi connectivity index (χ3n) is 3.25. The molecule has 124 valence electrons. The Kier molecular flexibility index (Phi) is 6.80. The maximum atomic E-state index is 13.7. The number of aryl methyl sites for hydroxylation is 1. The number of guanidine groups is 1. The van der Waals surface area contributed by atoms with Crippen LogP contribution in [0.3, 0.4) is 0 Å². The standard InChI is InChI=1S/C16H20ClFN4S/c1-11-10-22-15(23-11)7-9-21-16(19-2)20-8-6-12-13(17)4-3-5-14(12)18/h3-5,10H,6-9H2,1-2H3,(H2,19,20,21). The van der Waals surface area contributed by atoms with Crippen LogP contribution in [0.5, 0.6) is 0 Å². The number of aliphatic imine (C=N–C) groups is 1. The van der Waals surface area contributed by atoms with E-state index in [0.29, 0.717) is 29.5 Å². The van der Waals surface area contributed by atoms with Crippen molar-refractivity contribution in [2.24, 2.45) is 4.99 Å². The fourth-order valence-electron chi connectivity index (χ4n) is 2.10. The third-order valence-corrected chi connectivity index (χ3v) is 4.58. The minimum Gasteiger partial charge on any atom is -0.356 e. The predicted molar refractivity (Wildman–Crippen MR) is 95.0 cm³/mol. The van der Waals surface area contributed by atoms with E-state index in [0.717, 1.165) is 18.0 Å². The molecule has 0 aliphatic rings. The summed E-state index contributed by atoms with van der Waals surface area (Å²) in [5, 5.41) is 7.94. The molecule has 4 nitrogen and oxygen atoms in total. The summed E-state index contributed by atoms with van der Waals surface area (Å²) < 4.78 is 13.7. The number of hydrogen-bond donors (Lipinski definition) is 2. The second-order valence-electron chi connectivity index (χ2n) is 4.99. The maximum absolute atomic E-state index is 13.7. The van der Waals surface area contributed by atoms with E-state index in [1.807, 2.05) is 13.1 Å². The van der Waals surface area contributed by atoms with Crippen LogP contribution < -0.4 is 10.6 Å². The van der Waals surface area contributed by atoms with E-state index in [4.69, 9.17) is 11.6 Å². The molecule has 0 bridgehead atoms. The van der Waals surface area contributed by atoms with Gasteiger partial charge in [-0.25, -0.2) is 9.37 Å². The van der Waals surface area contributed by atoms with Crippen molar-refractivity contribution in [2.45, 2.75) is 19.8 Å². The average Bonchev–Trinajstić information content (AvgIpc) is 2.94. The number of rotatable bonds is 6. The van der Waals surface area contributed by atoms with Crippen LogP contribution in [-0.4, -0.2) is 31.1 Å². The van der Waals surface area contributed by atoms with Gasteiger partial charge in [0.15, 0.2) is 5.96 Å². The van der Waals surface area contributed by atoms with Gasteiger partial charge >= 0.3 is 0 Å². The van der Waals surface area contributed by atoms with Crippen LogP contribution in [0.2, 0.25) is 5.02 Å². The number of benzene rings is 1. The summed E-state index contributed by atoms with van der Waals surface area (Å²) in [4.78, 5) is 9.69. The second kappa shape index (κ2) is 8.84. The molecule has 2 N–H and O–H groups in total. The summed E-state index contributed by atoms with van der Waals surface area (Å²) in [6.07, 6.45) is 3.22. The topological polar surface area (TPSA) is 49.3 Å². The molecule has 2 aromatic rings. The zero-order chi connectivity index (χ0) is 16.7. The Bertz CT molecular complexity index is 652. The summed E-state index contributed by atoms with van der Waals surface area (Å²) >= 11 is 7.71. The number of hydrogen-bond acceptors (Lipinski definition) is 3. The Hall–Kier alpha value is -1.66. The third kappa shape index (κ3) is 5.48. The highest BCUT2D eigenvalue weighted by molar-refractivity contribution is 7.11. The van der Waals surface area contributed by atoms with Gasteiger partial charge in [-0.2, -0.15) is 0 Å². The van der Waals surface area contributed by atoms with Gasteiger partial charge in [0.2, 0.25) is 0 Å². The van der Waals surface area contributed by atoms with Crippen LogP contribution in [-0.2, 0) is 12.8 Å². The smallest absolute Gasteiger partial charge is 0.191 e. The molecule has 0 amide bonds. The normalized spacial score (nSPS) is 11.6. The van der Waals surface area contributed by atoms with Gasteiger partial charge in [0.1, 0.15) is 5.82 Å². The van der Waals surface area contributed by atoms with E-state index < -0.39 is 0 Å². The lowest BCUT2D eigenvalue weighted by molar-refractivity contribution is 0.607. The first-order valence-electron chi connectivity index (χ1n) is 7.39. The quantitative estimate of drug-likeness (QED) is 0.618. The molecule has 1 heterocycles. The van der Waals surface area contributed by atoms with Crippen LogP contribution in [0.15, 0.2) is 29.4 Å². The average molecular weight is 355 g/mol. The first kappa shape index (κ1) is 17.7. The summed E-state index contributed by atoms with van der Waals surface area (Å²) in [7, 11) is 1.71. The van der Waals surface area contributed by atoms with E-state index in [1.54, 1.807) is 30.5 Å². The second-order valence-corrected chi connectivity index (χ2v) is 6.72. The van der Waals surface area contributed by atoms with Crippen LogP contribution in [0.4, 0.5) is 4.39 Å². The minimum atomic E-state index is -0.276. The van der Waals surface area contributed by atoms with E-state index in [2.05, 4.69) is 20.6 Å². The first-order chi connectivity index (χ1) is 11.1. The largest absolute Gasteiger partial charge is 0.356 e. The van der Waals surface area contributed by atoms with Gasteiger partial charge in [0.25, 0.3) is 0 Å². The molecule has 0 radical (unpaired) electrons. The highest BCUT2D eigenvalue weighted by Crippen LogP contribution is 2.18. The Morgan fingerprint density at radius 1 is 1.30 bits per heavy atom. The number of nitrogens with one attached hydrogen (secondary N) is 2. The molecule has 0 unspecified atom stereocenters. The van der Waals surface area contributed by atoms with Crippen molar-refractivity contribution >= 4 is 28.9 Å². The lowest BCUT2D eigenvalue weighted by Crippen LogP contribution is -2.39. The zero-order valence-electron chi connectivity index (χ0n) is 13.2. The number of thiazole rings is 1. The number of nitrogens with zero attached hydrogens (tertiary/aromatic N) is 2. The van der Waals surface area contributed by atoms with Crippen molar-refractivity contribution in [1.29, 1.82) is 0 Å². The Labute approximate surface area is 144 Å². The fraction of sp³-hybridized carbons (Fsp3) is 0.375. The summed E-state index contributed by atoms with van der Waals surface area (Å²) in [6, 6.07) is 4.72. The molecule has 0 spiro atoms. The molecule has 0 atom stereocenters. The van der Waals surface area contributed by atoms with Crippen molar-refractivity contribution in [1.82, 2.24) is 15.6 Å². The molecule has 0 saturated carbocycles. The van der Waals surface area contributed by atoms with Crippen molar-refractivity contribution in [3.63, 3.8) is 0 Å². The van der Waals surface area contributed by atoms with Gasteiger partial charge < -0.3 is 10.6 Å². The van der Waals surface area contributed by atoms with Crippen molar-refractivity contribution in [2.75, 3.05) is 20.1 Å². The SMILES string of the molecule is CN=C(NCCc1ncc(C)s1)NCCc1c(F)cccc1Cl. The monoisotopic (exact) mass is 354 g/mol. The van der Waals surface area contributed by atoms with E-state index >= 15 is 0 Å². The van der Waals surface area contributed by atoms with Crippen LogP contribution >= 0.6 is 22.9 Å². The fourth-order valence-corrected chi connectivity index (χ4v) is 3.15. The Balaban J connectivity index is 1.75. The summed E-state index contributed by atoms with van der Waals surface area (Å²) in [5.41, 5.74) is 0.524. The van der Waals surface area contributed by atoms with Gasteiger partial charge in [-0.05, 0) is 25.5 Å². The molecule has 23 heavy (non-hydrogen) atoms. The molecule has 2 rings (SSSR count). The molecular formula is C16H20ClFN4S. The molecule has 0 aliphatic heterocycles. The van der Waals surface area contributed by atoms with Gasteiger partial charge in [0, 0.05) is 48.2 Å². The molecule has 0 aliphatic carbocycles. The molecule has 0 fully saturated rings. The number of halogens is 2. The zero-order valence-corrected chi connectivity index (χ0v) is 14.8. The maximum Gasteiger partial charge on any atom is 0.191 e. The van der Waals surface area contributed by atoms with Crippen molar-refractivity contribution < 1.29 is 4.39 Å². The highest BCUT2D eigenvalue weighted by atomic mass is 35.5. The van der Waals surface area contributed by atoms with E-state index in [9.17, 15) is 4.39 Å². The van der Waals surface area contributed by atoms with E-state index in [1.165, 1.54) is 10.9 Å². The Morgan fingerprint density at radius 2 is 2.04 bits per heavy atom. The van der Waals surface area contributed by atoms with Gasteiger partial charge in [-0.3, -0.25) is 4.99 Å². The first-order valence-corrected chi connectivity index (χ1v) is 8.58. The van der Waals surface area contributed by atoms with Crippen molar-refractivity contribution in [3.8, 4) is 0 Å². The predicted octanol–water partition coefficient (Wildman–Crippen LogP) is 3.19. The lowest BCUT2D eigenvalue weighted by Gasteiger charge is -2.12. The van der Waals surface area contributed by atoms with Gasteiger partial charge in [-0.15, -0.1) is 11.3 Å². The minimum absolute atomic E-state index is 0.276. The lowest BCUT2D eigenvalue weighted by atomic mass is 10.1. The molecular weight excluding hydrogens is 335 g/mol. The Morgan fingerprint density at radius 3 is 2.65 bits per heavy atom. The molecule has 7 heteroatoms. The van der Waals surface area contributed by atoms with E-state index in [-0.39, 0.29) is 5.82 Å².